The van der Waals surface area contributed by atoms with Crippen molar-refractivity contribution in [2.45, 2.75) is 52.4 Å². The van der Waals surface area contributed by atoms with Gasteiger partial charge in [0.05, 0.1) is 5.71 Å². The molecule has 0 heterocycles. The van der Waals surface area contributed by atoms with Gasteiger partial charge in [0.1, 0.15) is 0 Å². The van der Waals surface area contributed by atoms with Gasteiger partial charge in [-0.25, -0.2) is 5.43 Å². The van der Waals surface area contributed by atoms with Gasteiger partial charge in [0.15, 0.2) is 0 Å². The van der Waals surface area contributed by atoms with E-state index < -0.39 is 0 Å². The van der Waals surface area contributed by atoms with Gasteiger partial charge in [0.2, 0.25) is 5.91 Å². The minimum Gasteiger partial charge on any atom is -0.322 e. The van der Waals surface area contributed by atoms with Crippen LogP contribution in [0.4, 0.5) is 5.69 Å². The van der Waals surface area contributed by atoms with Crippen molar-refractivity contribution in [3.63, 3.8) is 0 Å². The van der Waals surface area contributed by atoms with Crippen molar-refractivity contribution in [2.75, 3.05) is 5.32 Å². The van der Waals surface area contributed by atoms with Crippen molar-refractivity contribution in [1.82, 2.24) is 5.43 Å². The molecule has 0 bridgehead atoms. The van der Waals surface area contributed by atoms with Crippen molar-refractivity contribution in [1.29, 1.82) is 0 Å². The molecule has 29 heavy (non-hydrogen) atoms. The van der Waals surface area contributed by atoms with E-state index in [9.17, 15) is 9.59 Å². The molecule has 0 saturated carbocycles. The lowest BCUT2D eigenvalue weighted by Gasteiger charge is -2.08. The summed E-state index contributed by atoms with van der Waals surface area (Å²) in [6.07, 6.45) is 6.00. The quantitative estimate of drug-likeness (QED) is 0.294. The number of anilines is 1. The topological polar surface area (TPSA) is 70.6 Å². The molecule has 0 aliphatic carbocycles. The minimum atomic E-state index is -0.218. The minimum absolute atomic E-state index is 0.0759. The van der Waals surface area contributed by atoms with Crippen LogP contribution in [0.25, 0.3) is 0 Å². The Morgan fingerprint density at radius 3 is 2.41 bits per heavy atom. The van der Waals surface area contributed by atoms with E-state index in [1.165, 1.54) is 19.3 Å². The fourth-order valence-corrected chi connectivity index (χ4v) is 2.91. The first-order chi connectivity index (χ1) is 14.0. The smallest absolute Gasteiger partial charge is 0.255 e. The summed E-state index contributed by atoms with van der Waals surface area (Å²) in [5.74, 6) is -0.294. The van der Waals surface area contributed by atoms with E-state index in [-0.39, 0.29) is 11.8 Å². The average molecular weight is 414 g/mol. The zero-order valence-corrected chi connectivity index (χ0v) is 17.8. The largest absolute Gasteiger partial charge is 0.322 e. The summed E-state index contributed by atoms with van der Waals surface area (Å²) >= 11 is 5.86. The van der Waals surface area contributed by atoms with E-state index in [1.807, 2.05) is 25.1 Å². The maximum absolute atomic E-state index is 12.3. The highest BCUT2D eigenvalue weighted by molar-refractivity contribution is 6.30. The Labute approximate surface area is 177 Å². The summed E-state index contributed by atoms with van der Waals surface area (Å²) < 4.78 is 0. The van der Waals surface area contributed by atoms with Crippen LogP contribution in [-0.4, -0.2) is 17.5 Å². The Balaban J connectivity index is 1.90. The van der Waals surface area contributed by atoms with Crippen LogP contribution in [0.2, 0.25) is 5.02 Å². The molecule has 2 rings (SSSR count). The molecule has 0 unspecified atom stereocenters. The summed E-state index contributed by atoms with van der Waals surface area (Å²) in [7, 11) is 0. The SMILES string of the molecule is CCCCCCCC(=O)NN=C(C)c1cccc(NC(=O)c2ccc(Cl)cc2)c1. The number of rotatable bonds is 10. The summed E-state index contributed by atoms with van der Waals surface area (Å²) in [6.45, 7) is 3.99. The van der Waals surface area contributed by atoms with Gasteiger partial charge in [-0.15, -0.1) is 0 Å². The monoisotopic (exact) mass is 413 g/mol. The second-order valence-corrected chi connectivity index (χ2v) is 7.37. The van der Waals surface area contributed by atoms with Crippen LogP contribution in [0.1, 0.15) is 68.3 Å². The molecule has 154 valence electrons. The van der Waals surface area contributed by atoms with Crippen molar-refractivity contribution >= 4 is 34.8 Å². The van der Waals surface area contributed by atoms with Gasteiger partial charge in [-0.05, 0) is 55.3 Å². The highest BCUT2D eigenvalue weighted by Crippen LogP contribution is 2.15. The van der Waals surface area contributed by atoms with Crippen molar-refractivity contribution in [3.8, 4) is 0 Å². The number of unbranched alkanes of at least 4 members (excludes halogenated alkanes) is 4. The van der Waals surface area contributed by atoms with E-state index in [2.05, 4.69) is 22.8 Å². The first-order valence-electron chi connectivity index (χ1n) is 10.00. The highest BCUT2D eigenvalue weighted by Gasteiger charge is 2.07. The highest BCUT2D eigenvalue weighted by atomic mass is 35.5. The number of carbonyl (C=O) groups excluding carboxylic acids is 2. The molecule has 2 aromatic carbocycles. The van der Waals surface area contributed by atoms with Crippen LogP contribution in [0, 0.1) is 0 Å². The maximum Gasteiger partial charge on any atom is 0.255 e. The van der Waals surface area contributed by atoms with Crippen LogP contribution in [0.5, 0.6) is 0 Å². The zero-order valence-electron chi connectivity index (χ0n) is 17.0. The van der Waals surface area contributed by atoms with Crippen LogP contribution < -0.4 is 10.7 Å². The van der Waals surface area contributed by atoms with E-state index in [4.69, 9.17) is 11.6 Å². The molecular formula is C23H28ClN3O2. The Bertz CT molecular complexity index is 847. The number of nitrogens with zero attached hydrogens (tertiary/aromatic N) is 1. The van der Waals surface area contributed by atoms with Crippen LogP contribution in [0.3, 0.4) is 0 Å². The fourth-order valence-electron chi connectivity index (χ4n) is 2.78. The number of benzene rings is 2. The molecule has 2 N–H and O–H groups in total. The number of nitrogens with one attached hydrogen (secondary N) is 2. The molecule has 0 spiro atoms. The van der Waals surface area contributed by atoms with Gasteiger partial charge in [0, 0.05) is 22.7 Å². The van der Waals surface area contributed by atoms with Gasteiger partial charge in [-0.3, -0.25) is 9.59 Å². The average Bonchev–Trinajstić information content (AvgIpc) is 2.72. The third kappa shape index (κ3) is 8.08. The van der Waals surface area contributed by atoms with Gasteiger partial charge in [-0.1, -0.05) is 56.3 Å². The number of hydrogen-bond donors (Lipinski definition) is 2. The molecule has 2 aromatic rings. The molecule has 6 heteroatoms. The molecule has 5 nitrogen and oxygen atoms in total. The molecule has 0 aliphatic heterocycles. The van der Waals surface area contributed by atoms with E-state index >= 15 is 0 Å². The summed E-state index contributed by atoms with van der Waals surface area (Å²) in [4.78, 5) is 24.3. The lowest BCUT2D eigenvalue weighted by atomic mass is 10.1. The Morgan fingerprint density at radius 2 is 1.69 bits per heavy atom. The maximum atomic E-state index is 12.3. The summed E-state index contributed by atoms with van der Waals surface area (Å²) in [5, 5.41) is 7.63. The number of halogens is 1. The second kappa shape index (κ2) is 12.0. The van der Waals surface area contributed by atoms with E-state index in [0.29, 0.717) is 28.4 Å². The Morgan fingerprint density at radius 1 is 0.966 bits per heavy atom. The van der Waals surface area contributed by atoms with Crippen molar-refractivity contribution < 1.29 is 9.59 Å². The van der Waals surface area contributed by atoms with Crippen LogP contribution >= 0.6 is 11.6 Å². The van der Waals surface area contributed by atoms with Crippen molar-refractivity contribution in [3.05, 3.63) is 64.7 Å². The standard InChI is InChI=1S/C23H28ClN3O2/c1-3-4-5-6-7-11-22(28)27-26-17(2)19-9-8-10-21(16-19)25-23(29)18-12-14-20(24)15-13-18/h8-10,12-16H,3-7,11H2,1-2H3,(H,25,29)(H,27,28). The number of hydrazone groups is 1. The third-order valence-electron chi connectivity index (χ3n) is 4.50. The summed E-state index contributed by atoms with van der Waals surface area (Å²) in [6, 6.07) is 14.0. The molecule has 2 amide bonds. The van der Waals surface area contributed by atoms with Gasteiger partial charge >= 0.3 is 0 Å². The van der Waals surface area contributed by atoms with Gasteiger partial charge in [-0.2, -0.15) is 5.10 Å². The first-order valence-corrected chi connectivity index (χ1v) is 10.4. The third-order valence-corrected chi connectivity index (χ3v) is 4.75. The predicted octanol–water partition coefficient (Wildman–Crippen LogP) is 5.79. The molecule has 0 fully saturated rings. The molecule has 0 radical (unpaired) electrons. The van der Waals surface area contributed by atoms with Crippen LogP contribution in [-0.2, 0) is 4.79 Å². The Kier molecular flexibility index (Phi) is 9.38. The normalized spacial score (nSPS) is 11.2. The lowest BCUT2D eigenvalue weighted by molar-refractivity contribution is -0.121. The molecule has 0 aliphatic rings. The lowest BCUT2D eigenvalue weighted by Crippen LogP contribution is -2.19. The van der Waals surface area contributed by atoms with E-state index in [0.717, 1.165) is 18.4 Å². The first kappa shape index (κ1) is 22.6. The Hall–Kier alpha value is -2.66. The number of amides is 2. The van der Waals surface area contributed by atoms with Crippen LogP contribution in [0.15, 0.2) is 53.6 Å². The van der Waals surface area contributed by atoms with E-state index in [1.54, 1.807) is 30.3 Å². The fraction of sp³-hybridized carbons (Fsp3) is 0.348. The van der Waals surface area contributed by atoms with Gasteiger partial charge in [0.25, 0.3) is 5.91 Å². The number of carbonyl (C=O) groups is 2. The zero-order chi connectivity index (χ0) is 21.1. The van der Waals surface area contributed by atoms with Crippen molar-refractivity contribution in [2.24, 2.45) is 5.10 Å². The number of hydrogen-bond acceptors (Lipinski definition) is 3. The molecular weight excluding hydrogens is 386 g/mol. The van der Waals surface area contributed by atoms with Gasteiger partial charge < -0.3 is 5.32 Å². The molecule has 0 saturated heterocycles. The molecule has 0 atom stereocenters. The second-order valence-electron chi connectivity index (χ2n) is 6.94. The molecule has 0 aromatic heterocycles. The summed E-state index contributed by atoms with van der Waals surface area (Å²) in [5.41, 5.74) is 5.28. The predicted molar refractivity (Wildman–Crippen MR) is 120 cm³/mol.